The van der Waals surface area contributed by atoms with Gasteiger partial charge in [0.1, 0.15) is 0 Å². The summed E-state index contributed by atoms with van der Waals surface area (Å²) in [6, 6.07) is 0.685. The maximum Gasteiger partial charge on any atom is 0.00324 e. The molecule has 0 aromatic carbocycles. The first kappa shape index (κ1) is 10.1. The Balaban J connectivity index is 0. The Morgan fingerprint density at radius 3 is 1.29 bits per heavy atom. The van der Waals surface area contributed by atoms with Crippen molar-refractivity contribution in [2.24, 2.45) is 0 Å². The van der Waals surface area contributed by atoms with Crippen LogP contribution in [-0.2, 0) is 0 Å². The molecular formula is C5H13BN. The molecule has 7 heavy (non-hydrogen) atoms. The second kappa shape index (κ2) is 4.19. The summed E-state index contributed by atoms with van der Waals surface area (Å²) in [7, 11) is 4.15. The van der Waals surface area contributed by atoms with Gasteiger partial charge in [-0.15, -0.1) is 0 Å². The lowest BCUT2D eigenvalue weighted by Gasteiger charge is -2.12. The van der Waals surface area contributed by atoms with Gasteiger partial charge in [0, 0.05) is 14.5 Å². The molecule has 0 unspecified atom stereocenters. The summed E-state index contributed by atoms with van der Waals surface area (Å²) >= 11 is 0. The maximum atomic E-state index is 2.17. The molecule has 0 N–H and O–H groups in total. The van der Waals surface area contributed by atoms with E-state index in [1.807, 2.05) is 0 Å². The van der Waals surface area contributed by atoms with Gasteiger partial charge >= 0.3 is 0 Å². The molecule has 0 saturated heterocycles. The second-order valence-corrected chi connectivity index (χ2v) is 2.06. The normalized spacial score (nSPS) is 9.43. The van der Waals surface area contributed by atoms with Crippen LogP contribution in [0.5, 0.6) is 0 Å². The van der Waals surface area contributed by atoms with Gasteiger partial charge in [-0.05, 0) is 27.9 Å². The molecule has 41 valence electrons. The molecule has 0 aromatic rings. The smallest absolute Gasteiger partial charge is 0.00324 e. The molecule has 0 saturated carbocycles. The van der Waals surface area contributed by atoms with Crippen molar-refractivity contribution in [3.63, 3.8) is 0 Å². The molecule has 0 atom stereocenters. The topological polar surface area (TPSA) is 3.24 Å². The predicted octanol–water partition coefficient (Wildman–Crippen LogP) is 0.576. The average Bonchev–Trinajstić information content (AvgIpc) is 1.36. The summed E-state index contributed by atoms with van der Waals surface area (Å²) in [5.74, 6) is 0. The number of nitrogens with zero attached hydrogens (tertiary/aromatic N) is 1. The Labute approximate surface area is 48.3 Å². The van der Waals surface area contributed by atoms with E-state index >= 15 is 0 Å². The third-order valence-corrected chi connectivity index (χ3v) is 1.03. The van der Waals surface area contributed by atoms with Crippen LogP contribution in [0, 0.1) is 0 Å². The first-order valence-electron chi connectivity index (χ1n) is 2.31. The fourth-order valence-electron chi connectivity index (χ4n) is 0. The van der Waals surface area contributed by atoms with E-state index < -0.39 is 0 Å². The van der Waals surface area contributed by atoms with Crippen LogP contribution in [-0.4, -0.2) is 33.5 Å². The van der Waals surface area contributed by atoms with E-state index in [4.69, 9.17) is 0 Å². The van der Waals surface area contributed by atoms with Crippen molar-refractivity contribution in [3.05, 3.63) is 0 Å². The Morgan fingerprint density at radius 2 is 1.29 bits per heavy atom. The minimum atomic E-state index is 0. The summed E-state index contributed by atoms with van der Waals surface area (Å²) in [6.45, 7) is 4.33. The monoisotopic (exact) mass is 98.1 g/mol. The molecule has 0 amide bonds. The molecule has 0 spiro atoms. The molecular weight excluding hydrogens is 84.9 g/mol. The third-order valence-electron chi connectivity index (χ3n) is 1.03. The fourth-order valence-corrected chi connectivity index (χ4v) is 0. The number of hydrogen-bond acceptors (Lipinski definition) is 1. The first-order valence-corrected chi connectivity index (χ1v) is 2.31. The average molecular weight is 98.0 g/mol. The van der Waals surface area contributed by atoms with Gasteiger partial charge in [0.2, 0.25) is 0 Å². The van der Waals surface area contributed by atoms with Crippen molar-refractivity contribution in [3.8, 4) is 0 Å². The lowest BCUT2D eigenvalue weighted by Crippen LogP contribution is -2.20. The van der Waals surface area contributed by atoms with Crippen LogP contribution in [0.1, 0.15) is 13.8 Å². The zero-order chi connectivity index (χ0) is 5.15. The summed E-state index contributed by atoms with van der Waals surface area (Å²) < 4.78 is 0. The Hall–Kier alpha value is 0.0249. The van der Waals surface area contributed by atoms with Crippen LogP contribution in [0.15, 0.2) is 0 Å². The highest BCUT2D eigenvalue weighted by atomic mass is 15.1. The Bertz CT molecular complexity index is 29.1. The van der Waals surface area contributed by atoms with E-state index in [1.54, 1.807) is 0 Å². The molecule has 0 rings (SSSR count). The van der Waals surface area contributed by atoms with Gasteiger partial charge in [0.05, 0.1) is 0 Å². The van der Waals surface area contributed by atoms with Crippen molar-refractivity contribution < 1.29 is 0 Å². The van der Waals surface area contributed by atoms with Gasteiger partial charge in [0.15, 0.2) is 0 Å². The summed E-state index contributed by atoms with van der Waals surface area (Å²) in [5.41, 5.74) is 0. The molecule has 0 bridgehead atoms. The zero-order valence-corrected chi connectivity index (χ0v) is 5.60. The predicted molar refractivity (Wildman–Crippen MR) is 34.6 cm³/mol. The van der Waals surface area contributed by atoms with Gasteiger partial charge in [-0.1, -0.05) is 0 Å². The molecule has 1 nitrogen and oxygen atoms in total. The minimum absolute atomic E-state index is 0. The van der Waals surface area contributed by atoms with E-state index in [0.717, 1.165) is 0 Å². The van der Waals surface area contributed by atoms with E-state index in [9.17, 15) is 0 Å². The van der Waals surface area contributed by atoms with Crippen LogP contribution in [0.25, 0.3) is 0 Å². The SMILES string of the molecule is CC(C)N(C)C.[B]. The molecule has 0 aromatic heterocycles. The first-order chi connectivity index (χ1) is 2.64. The van der Waals surface area contributed by atoms with Gasteiger partial charge in [-0.2, -0.15) is 0 Å². The lowest BCUT2D eigenvalue weighted by molar-refractivity contribution is 0.335. The minimum Gasteiger partial charge on any atom is -0.307 e. The van der Waals surface area contributed by atoms with Gasteiger partial charge in [-0.3, -0.25) is 0 Å². The highest BCUT2D eigenvalue weighted by Gasteiger charge is 1.90. The molecule has 0 aliphatic heterocycles. The summed E-state index contributed by atoms with van der Waals surface area (Å²) in [5, 5.41) is 0. The standard InChI is InChI=1S/C5H13N.B/c1-5(2)6(3)4;/h5H,1-4H3;. The third kappa shape index (κ3) is 6.02. The lowest BCUT2D eigenvalue weighted by atomic mass is 10.4. The van der Waals surface area contributed by atoms with E-state index in [2.05, 4.69) is 32.8 Å². The molecule has 2 heteroatoms. The molecule has 0 heterocycles. The van der Waals surface area contributed by atoms with Crippen molar-refractivity contribution >= 4 is 8.41 Å². The molecule has 0 aliphatic carbocycles. The molecule has 0 fully saturated rings. The van der Waals surface area contributed by atoms with Gasteiger partial charge in [0.25, 0.3) is 0 Å². The highest BCUT2D eigenvalue weighted by molar-refractivity contribution is 5.75. The van der Waals surface area contributed by atoms with Crippen LogP contribution < -0.4 is 0 Å². The van der Waals surface area contributed by atoms with Crippen molar-refractivity contribution in [1.29, 1.82) is 0 Å². The summed E-state index contributed by atoms with van der Waals surface area (Å²) in [6.07, 6.45) is 0. The molecule has 3 radical (unpaired) electrons. The van der Waals surface area contributed by atoms with Crippen molar-refractivity contribution in [2.45, 2.75) is 19.9 Å². The van der Waals surface area contributed by atoms with Crippen LogP contribution >= 0.6 is 0 Å². The van der Waals surface area contributed by atoms with Crippen LogP contribution in [0.4, 0.5) is 0 Å². The number of rotatable bonds is 1. The second-order valence-electron chi connectivity index (χ2n) is 2.06. The summed E-state index contributed by atoms with van der Waals surface area (Å²) in [4.78, 5) is 2.17. The Kier molecular flexibility index (Phi) is 6.05. The zero-order valence-electron chi connectivity index (χ0n) is 5.60. The van der Waals surface area contributed by atoms with Crippen LogP contribution in [0.3, 0.4) is 0 Å². The fraction of sp³-hybridized carbons (Fsp3) is 1.00. The molecule has 0 aliphatic rings. The van der Waals surface area contributed by atoms with E-state index in [0.29, 0.717) is 6.04 Å². The van der Waals surface area contributed by atoms with Crippen LogP contribution in [0.2, 0.25) is 0 Å². The Morgan fingerprint density at radius 1 is 1.14 bits per heavy atom. The highest BCUT2D eigenvalue weighted by Crippen LogP contribution is 1.84. The van der Waals surface area contributed by atoms with Crippen molar-refractivity contribution in [1.82, 2.24) is 4.90 Å². The van der Waals surface area contributed by atoms with Gasteiger partial charge in [-0.25, -0.2) is 0 Å². The quantitative estimate of drug-likeness (QED) is 0.433. The van der Waals surface area contributed by atoms with E-state index in [-0.39, 0.29) is 8.41 Å². The maximum absolute atomic E-state index is 2.17. The largest absolute Gasteiger partial charge is 0.307 e. The van der Waals surface area contributed by atoms with Gasteiger partial charge < -0.3 is 4.90 Å². The number of hydrogen-bond donors (Lipinski definition) is 0. The van der Waals surface area contributed by atoms with E-state index in [1.165, 1.54) is 0 Å². The van der Waals surface area contributed by atoms with Crippen molar-refractivity contribution in [2.75, 3.05) is 14.1 Å².